The van der Waals surface area contributed by atoms with Crippen LogP contribution in [0.4, 0.5) is 11.4 Å². The molecule has 0 saturated carbocycles. The quantitative estimate of drug-likeness (QED) is 0.798. The number of carbonyl (C=O) groups excluding carboxylic acids is 2. The molecule has 3 rings (SSSR count). The Morgan fingerprint density at radius 2 is 1.57 bits per heavy atom. The summed E-state index contributed by atoms with van der Waals surface area (Å²) in [7, 11) is 0. The average Bonchev–Trinajstić information content (AvgIpc) is 2.74. The minimum atomic E-state index is -0.528. The Balaban J connectivity index is 1.90. The minimum Gasteiger partial charge on any atom is -0.350 e. The first-order valence-corrected chi connectivity index (χ1v) is 8.02. The molecule has 0 radical (unpaired) electrons. The van der Waals surface area contributed by atoms with E-state index in [9.17, 15) is 9.59 Å². The number of rotatable bonds is 3. The SMILES string of the molecule is Cc1ccc(N2C(=O)C(Cl)=C(Nc3ccc(Br)cc3)C2=O)cc1. The second kappa shape index (κ2) is 6.18. The molecule has 0 bridgehead atoms. The number of nitrogens with one attached hydrogen (secondary N) is 1. The minimum absolute atomic E-state index is 0.0829. The first kappa shape index (κ1) is 15.8. The van der Waals surface area contributed by atoms with E-state index in [2.05, 4.69) is 21.2 Å². The summed E-state index contributed by atoms with van der Waals surface area (Å²) in [6.07, 6.45) is 0. The lowest BCUT2D eigenvalue weighted by molar-refractivity contribution is -0.120. The van der Waals surface area contributed by atoms with Gasteiger partial charge in [-0.05, 0) is 43.3 Å². The van der Waals surface area contributed by atoms with Crippen LogP contribution in [0.5, 0.6) is 0 Å². The predicted molar refractivity (Wildman–Crippen MR) is 94.3 cm³/mol. The van der Waals surface area contributed by atoms with Crippen LogP contribution in [0.3, 0.4) is 0 Å². The highest BCUT2D eigenvalue weighted by molar-refractivity contribution is 9.10. The molecule has 0 saturated heterocycles. The summed E-state index contributed by atoms with van der Waals surface area (Å²) in [6.45, 7) is 1.93. The van der Waals surface area contributed by atoms with Crippen LogP contribution in [-0.4, -0.2) is 11.8 Å². The average molecular weight is 392 g/mol. The number of aryl methyl sites for hydroxylation is 1. The van der Waals surface area contributed by atoms with Crippen LogP contribution in [0.15, 0.2) is 63.7 Å². The Morgan fingerprint density at radius 1 is 0.957 bits per heavy atom. The standard InChI is InChI=1S/C17H12BrClN2O2/c1-10-2-8-13(9-3-10)21-16(22)14(19)15(17(21)23)20-12-6-4-11(18)5-7-12/h2-9,20H,1H3. The summed E-state index contributed by atoms with van der Waals surface area (Å²) in [4.78, 5) is 26.0. The number of imide groups is 1. The van der Waals surface area contributed by atoms with Crippen LogP contribution in [-0.2, 0) is 9.59 Å². The van der Waals surface area contributed by atoms with Crippen molar-refractivity contribution < 1.29 is 9.59 Å². The van der Waals surface area contributed by atoms with Crippen LogP contribution < -0.4 is 10.2 Å². The number of nitrogens with zero attached hydrogens (tertiary/aromatic N) is 1. The van der Waals surface area contributed by atoms with Gasteiger partial charge in [0, 0.05) is 10.2 Å². The van der Waals surface area contributed by atoms with E-state index >= 15 is 0 Å². The highest BCUT2D eigenvalue weighted by Gasteiger charge is 2.38. The zero-order chi connectivity index (χ0) is 16.6. The van der Waals surface area contributed by atoms with Gasteiger partial charge in [0.25, 0.3) is 11.8 Å². The normalized spacial score (nSPS) is 14.7. The summed E-state index contributed by atoms with van der Waals surface area (Å²) in [5.74, 6) is -0.994. The van der Waals surface area contributed by atoms with E-state index in [0.29, 0.717) is 11.4 Å². The lowest BCUT2D eigenvalue weighted by atomic mass is 10.2. The molecule has 0 fully saturated rings. The monoisotopic (exact) mass is 390 g/mol. The number of benzene rings is 2. The van der Waals surface area contributed by atoms with Gasteiger partial charge in [0.1, 0.15) is 10.7 Å². The molecule has 6 heteroatoms. The molecule has 2 amide bonds. The molecule has 2 aromatic rings. The molecule has 0 aromatic heterocycles. The van der Waals surface area contributed by atoms with E-state index < -0.39 is 11.8 Å². The Kier molecular flexibility index (Phi) is 4.24. The largest absolute Gasteiger partial charge is 0.350 e. The number of halogens is 2. The van der Waals surface area contributed by atoms with E-state index in [1.165, 1.54) is 0 Å². The molecule has 1 aliphatic heterocycles. The van der Waals surface area contributed by atoms with Crippen molar-refractivity contribution in [3.63, 3.8) is 0 Å². The summed E-state index contributed by atoms with van der Waals surface area (Å²) < 4.78 is 0.915. The molecule has 2 aromatic carbocycles. The third-order valence-corrected chi connectivity index (χ3v) is 4.31. The Labute approximate surface area is 146 Å². The highest BCUT2D eigenvalue weighted by atomic mass is 79.9. The fourth-order valence-electron chi connectivity index (χ4n) is 2.22. The molecule has 1 heterocycles. The summed E-state index contributed by atoms with van der Waals surface area (Å²) in [5.41, 5.74) is 2.30. The highest BCUT2D eigenvalue weighted by Crippen LogP contribution is 2.30. The Morgan fingerprint density at radius 3 is 2.17 bits per heavy atom. The summed E-state index contributed by atoms with van der Waals surface area (Å²) in [5, 5.41) is 2.81. The van der Waals surface area contributed by atoms with E-state index in [1.807, 2.05) is 31.2 Å². The molecule has 1 N–H and O–H groups in total. The van der Waals surface area contributed by atoms with Crippen molar-refractivity contribution in [3.8, 4) is 0 Å². The lowest BCUT2D eigenvalue weighted by Gasteiger charge is -2.15. The van der Waals surface area contributed by atoms with E-state index in [1.54, 1.807) is 24.3 Å². The maximum absolute atomic E-state index is 12.6. The number of amides is 2. The van der Waals surface area contributed by atoms with E-state index in [-0.39, 0.29) is 10.7 Å². The van der Waals surface area contributed by atoms with Crippen LogP contribution in [0.25, 0.3) is 0 Å². The molecule has 23 heavy (non-hydrogen) atoms. The van der Waals surface area contributed by atoms with Crippen LogP contribution in [0.2, 0.25) is 0 Å². The zero-order valence-electron chi connectivity index (χ0n) is 12.1. The van der Waals surface area contributed by atoms with Crippen LogP contribution in [0.1, 0.15) is 5.56 Å². The fourth-order valence-corrected chi connectivity index (χ4v) is 2.69. The Bertz CT molecular complexity index is 813. The van der Waals surface area contributed by atoms with Crippen molar-refractivity contribution in [2.24, 2.45) is 0 Å². The molecule has 4 nitrogen and oxygen atoms in total. The molecule has 0 spiro atoms. The van der Waals surface area contributed by atoms with E-state index in [4.69, 9.17) is 11.6 Å². The van der Waals surface area contributed by atoms with Gasteiger partial charge in [-0.25, -0.2) is 4.90 Å². The second-order valence-corrected chi connectivity index (χ2v) is 6.40. The zero-order valence-corrected chi connectivity index (χ0v) is 14.5. The van der Waals surface area contributed by atoms with Crippen molar-refractivity contribution in [3.05, 3.63) is 69.3 Å². The van der Waals surface area contributed by atoms with Crippen molar-refractivity contribution in [2.75, 3.05) is 10.2 Å². The molecule has 0 aliphatic carbocycles. The molecule has 1 aliphatic rings. The van der Waals surface area contributed by atoms with Gasteiger partial charge in [0.05, 0.1) is 5.69 Å². The first-order valence-electron chi connectivity index (χ1n) is 6.85. The molecule has 0 unspecified atom stereocenters. The van der Waals surface area contributed by atoms with Crippen molar-refractivity contribution in [1.29, 1.82) is 0 Å². The topological polar surface area (TPSA) is 49.4 Å². The molecule has 116 valence electrons. The van der Waals surface area contributed by atoms with Gasteiger partial charge in [-0.2, -0.15) is 0 Å². The molecule has 0 atom stereocenters. The summed E-state index contributed by atoms with van der Waals surface area (Å²) >= 11 is 9.42. The number of carbonyl (C=O) groups is 2. The van der Waals surface area contributed by atoms with Crippen LogP contribution >= 0.6 is 27.5 Å². The number of anilines is 2. The van der Waals surface area contributed by atoms with Gasteiger partial charge in [0.2, 0.25) is 0 Å². The molecular weight excluding hydrogens is 380 g/mol. The summed E-state index contributed by atoms with van der Waals surface area (Å²) in [6, 6.07) is 14.3. The second-order valence-electron chi connectivity index (χ2n) is 5.10. The van der Waals surface area contributed by atoms with Crippen molar-refractivity contribution >= 4 is 50.7 Å². The van der Waals surface area contributed by atoms with Gasteiger partial charge in [-0.15, -0.1) is 0 Å². The van der Waals surface area contributed by atoms with Gasteiger partial charge < -0.3 is 5.32 Å². The van der Waals surface area contributed by atoms with Crippen molar-refractivity contribution in [2.45, 2.75) is 6.92 Å². The number of hydrogen-bond donors (Lipinski definition) is 1. The van der Waals surface area contributed by atoms with Gasteiger partial charge in [-0.3, -0.25) is 9.59 Å². The fraction of sp³-hybridized carbons (Fsp3) is 0.0588. The Hall–Kier alpha value is -2.11. The van der Waals surface area contributed by atoms with Crippen molar-refractivity contribution in [1.82, 2.24) is 0 Å². The van der Waals surface area contributed by atoms with Crippen LogP contribution in [0, 0.1) is 6.92 Å². The van der Waals surface area contributed by atoms with Gasteiger partial charge in [0.15, 0.2) is 0 Å². The maximum Gasteiger partial charge on any atom is 0.283 e. The van der Waals surface area contributed by atoms with Gasteiger partial charge in [-0.1, -0.05) is 45.2 Å². The third kappa shape index (κ3) is 3.02. The molecular formula is C17H12BrClN2O2. The van der Waals surface area contributed by atoms with E-state index in [0.717, 1.165) is 14.9 Å². The number of hydrogen-bond acceptors (Lipinski definition) is 3. The maximum atomic E-state index is 12.6. The predicted octanol–water partition coefficient (Wildman–Crippen LogP) is 4.19. The first-order chi connectivity index (χ1) is 11.0. The lowest BCUT2D eigenvalue weighted by Crippen LogP contribution is -2.32. The smallest absolute Gasteiger partial charge is 0.283 e. The van der Waals surface area contributed by atoms with Gasteiger partial charge >= 0.3 is 0 Å². The third-order valence-electron chi connectivity index (χ3n) is 3.43.